The van der Waals surface area contributed by atoms with Crippen molar-refractivity contribution in [3.05, 3.63) is 30.5 Å². The molecule has 1 aromatic carbocycles. The van der Waals surface area contributed by atoms with Crippen molar-refractivity contribution in [3.63, 3.8) is 0 Å². The van der Waals surface area contributed by atoms with Gasteiger partial charge in [0, 0.05) is 6.07 Å². The normalized spacial score (nSPS) is 10.2. The van der Waals surface area contributed by atoms with Crippen molar-refractivity contribution in [2.75, 3.05) is 20.8 Å². The van der Waals surface area contributed by atoms with Gasteiger partial charge in [0.2, 0.25) is 0 Å². The fourth-order valence-electron chi connectivity index (χ4n) is 1.20. The van der Waals surface area contributed by atoms with Gasteiger partial charge in [0.15, 0.2) is 11.5 Å². The van der Waals surface area contributed by atoms with Crippen molar-refractivity contribution < 1.29 is 23.7 Å². The number of carbonyl (C=O) groups excluding carboxylic acids is 1. The average molecular weight is 252 g/mol. The predicted octanol–water partition coefficient (Wildman–Crippen LogP) is 2.16. The molecule has 0 amide bonds. The predicted molar refractivity (Wildman–Crippen MR) is 65.9 cm³/mol. The van der Waals surface area contributed by atoms with Gasteiger partial charge in [-0.15, -0.1) is 0 Å². The lowest BCUT2D eigenvalue weighted by atomic mass is 10.3. The van der Waals surface area contributed by atoms with E-state index < -0.39 is 5.97 Å². The van der Waals surface area contributed by atoms with Crippen molar-refractivity contribution in [2.45, 2.75) is 6.92 Å². The highest BCUT2D eigenvalue weighted by Gasteiger charge is 2.09. The molecule has 5 heteroatoms. The summed E-state index contributed by atoms with van der Waals surface area (Å²) in [6.45, 7) is 2.32. The molecule has 0 aliphatic rings. The monoisotopic (exact) mass is 252 g/mol. The molecule has 0 bridgehead atoms. The average Bonchev–Trinajstić information content (AvgIpc) is 2.39. The Morgan fingerprint density at radius 3 is 2.61 bits per heavy atom. The first-order valence-electron chi connectivity index (χ1n) is 5.43. The van der Waals surface area contributed by atoms with Crippen LogP contribution < -0.4 is 14.2 Å². The maximum Gasteiger partial charge on any atom is 0.339 e. The summed E-state index contributed by atoms with van der Waals surface area (Å²) < 4.78 is 20.1. The smallest absolute Gasteiger partial charge is 0.339 e. The third-order valence-electron chi connectivity index (χ3n) is 2.05. The van der Waals surface area contributed by atoms with E-state index in [2.05, 4.69) is 0 Å². The lowest BCUT2D eigenvalue weighted by Crippen LogP contribution is -2.05. The van der Waals surface area contributed by atoms with Gasteiger partial charge in [0.05, 0.1) is 33.2 Å². The SMILES string of the molecule is CCO/C=C/C(=O)Oc1ccc(OC)cc1OC. The first-order valence-corrected chi connectivity index (χ1v) is 5.43. The van der Waals surface area contributed by atoms with Crippen LogP contribution in [-0.4, -0.2) is 26.8 Å². The minimum absolute atomic E-state index is 0.324. The largest absolute Gasteiger partial charge is 0.501 e. The van der Waals surface area contributed by atoms with Crippen LogP contribution >= 0.6 is 0 Å². The molecule has 0 atom stereocenters. The van der Waals surface area contributed by atoms with Gasteiger partial charge in [0.1, 0.15) is 5.75 Å². The number of rotatable bonds is 6. The molecular weight excluding hydrogens is 236 g/mol. The Balaban J connectivity index is 2.74. The fourth-order valence-corrected chi connectivity index (χ4v) is 1.20. The zero-order chi connectivity index (χ0) is 13.4. The molecule has 1 aromatic rings. The van der Waals surface area contributed by atoms with E-state index in [0.29, 0.717) is 23.9 Å². The Morgan fingerprint density at radius 1 is 1.22 bits per heavy atom. The quantitative estimate of drug-likeness (QED) is 0.336. The number of benzene rings is 1. The van der Waals surface area contributed by atoms with E-state index in [-0.39, 0.29) is 0 Å². The molecule has 98 valence electrons. The Bertz CT molecular complexity index is 425. The van der Waals surface area contributed by atoms with Crippen LogP contribution in [-0.2, 0) is 9.53 Å². The Labute approximate surface area is 106 Å². The molecule has 0 spiro atoms. The minimum Gasteiger partial charge on any atom is -0.501 e. The van der Waals surface area contributed by atoms with Crippen LogP contribution in [0.15, 0.2) is 30.5 Å². The number of hydrogen-bond acceptors (Lipinski definition) is 5. The van der Waals surface area contributed by atoms with Gasteiger partial charge in [-0.25, -0.2) is 4.79 Å². The molecule has 0 unspecified atom stereocenters. The minimum atomic E-state index is -0.535. The second kappa shape index (κ2) is 7.21. The number of carbonyl (C=O) groups is 1. The molecule has 0 aliphatic carbocycles. The Morgan fingerprint density at radius 2 is 2.00 bits per heavy atom. The molecular formula is C13H16O5. The molecule has 5 nitrogen and oxygen atoms in total. The Hall–Kier alpha value is -2.17. The van der Waals surface area contributed by atoms with Crippen molar-refractivity contribution in [1.29, 1.82) is 0 Å². The number of hydrogen-bond donors (Lipinski definition) is 0. The van der Waals surface area contributed by atoms with E-state index in [4.69, 9.17) is 18.9 Å². The first-order chi connectivity index (χ1) is 8.71. The summed E-state index contributed by atoms with van der Waals surface area (Å²) in [6, 6.07) is 4.91. The van der Waals surface area contributed by atoms with Gasteiger partial charge in [-0.1, -0.05) is 0 Å². The molecule has 0 radical (unpaired) electrons. The second-order valence-corrected chi connectivity index (χ2v) is 3.20. The molecule has 0 aliphatic heterocycles. The van der Waals surface area contributed by atoms with Crippen LogP contribution in [0.4, 0.5) is 0 Å². The third kappa shape index (κ3) is 4.01. The van der Waals surface area contributed by atoms with E-state index in [1.807, 2.05) is 6.92 Å². The van der Waals surface area contributed by atoms with E-state index in [0.717, 1.165) is 0 Å². The molecule has 0 saturated carbocycles. The molecule has 0 aromatic heterocycles. The Kier molecular flexibility index (Phi) is 5.57. The second-order valence-electron chi connectivity index (χ2n) is 3.20. The van der Waals surface area contributed by atoms with Crippen molar-refractivity contribution >= 4 is 5.97 Å². The zero-order valence-corrected chi connectivity index (χ0v) is 10.6. The first kappa shape index (κ1) is 13.9. The summed E-state index contributed by atoms with van der Waals surface area (Å²) in [6.07, 6.45) is 2.49. The van der Waals surface area contributed by atoms with Crippen molar-refractivity contribution in [3.8, 4) is 17.2 Å². The maximum absolute atomic E-state index is 11.4. The highest BCUT2D eigenvalue weighted by atomic mass is 16.6. The van der Waals surface area contributed by atoms with Crippen LogP contribution in [0.2, 0.25) is 0 Å². The summed E-state index contributed by atoms with van der Waals surface area (Å²) in [7, 11) is 3.04. The van der Waals surface area contributed by atoms with Crippen molar-refractivity contribution in [1.82, 2.24) is 0 Å². The number of methoxy groups -OCH3 is 2. The summed E-state index contributed by atoms with van der Waals surface area (Å²) in [4.78, 5) is 11.4. The van der Waals surface area contributed by atoms with Gasteiger partial charge in [0.25, 0.3) is 0 Å². The summed E-state index contributed by atoms with van der Waals surface area (Å²) in [5.74, 6) is 0.834. The van der Waals surface area contributed by atoms with E-state index in [9.17, 15) is 4.79 Å². The summed E-state index contributed by atoms with van der Waals surface area (Å²) in [5.41, 5.74) is 0. The van der Waals surface area contributed by atoms with E-state index in [1.54, 1.807) is 25.3 Å². The van der Waals surface area contributed by atoms with Crippen LogP contribution in [0.25, 0.3) is 0 Å². The van der Waals surface area contributed by atoms with E-state index >= 15 is 0 Å². The van der Waals surface area contributed by atoms with Crippen LogP contribution in [0, 0.1) is 0 Å². The summed E-state index contributed by atoms with van der Waals surface area (Å²) >= 11 is 0. The van der Waals surface area contributed by atoms with Crippen LogP contribution in [0.3, 0.4) is 0 Å². The van der Waals surface area contributed by atoms with Crippen LogP contribution in [0.5, 0.6) is 17.2 Å². The lowest BCUT2D eigenvalue weighted by Gasteiger charge is -2.09. The molecule has 0 heterocycles. The lowest BCUT2D eigenvalue weighted by molar-refractivity contribution is -0.129. The topological polar surface area (TPSA) is 54.0 Å². The maximum atomic E-state index is 11.4. The molecule has 1 rings (SSSR count). The molecule has 0 N–H and O–H groups in total. The molecule has 0 fully saturated rings. The van der Waals surface area contributed by atoms with Gasteiger partial charge in [-0.2, -0.15) is 0 Å². The fraction of sp³-hybridized carbons (Fsp3) is 0.308. The molecule has 18 heavy (non-hydrogen) atoms. The number of esters is 1. The highest BCUT2D eigenvalue weighted by molar-refractivity contribution is 5.84. The molecule has 0 saturated heterocycles. The third-order valence-corrected chi connectivity index (χ3v) is 2.05. The van der Waals surface area contributed by atoms with Gasteiger partial charge in [-0.05, 0) is 19.1 Å². The zero-order valence-electron chi connectivity index (χ0n) is 10.6. The van der Waals surface area contributed by atoms with E-state index in [1.165, 1.54) is 19.4 Å². The highest BCUT2D eigenvalue weighted by Crippen LogP contribution is 2.31. The van der Waals surface area contributed by atoms with Gasteiger partial charge < -0.3 is 18.9 Å². The van der Waals surface area contributed by atoms with Gasteiger partial charge >= 0.3 is 5.97 Å². The van der Waals surface area contributed by atoms with Gasteiger partial charge in [-0.3, -0.25) is 0 Å². The number of ether oxygens (including phenoxy) is 4. The standard InChI is InChI=1S/C13H16O5/c1-4-17-8-7-13(14)18-11-6-5-10(15-2)9-12(11)16-3/h5-9H,4H2,1-3H3/b8-7+. The summed E-state index contributed by atoms with van der Waals surface area (Å²) in [5, 5.41) is 0. The van der Waals surface area contributed by atoms with Crippen molar-refractivity contribution in [2.24, 2.45) is 0 Å². The van der Waals surface area contributed by atoms with Crippen LogP contribution in [0.1, 0.15) is 6.92 Å².